The maximum absolute atomic E-state index is 12.5. The average molecular weight is 385 g/mol. The fraction of sp³-hybridized carbons (Fsp3) is 0.476. The Hall–Kier alpha value is -2.08. The van der Waals surface area contributed by atoms with Gasteiger partial charge in [-0.3, -0.25) is 4.79 Å². The molecule has 0 spiro atoms. The van der Waals surface area contributed by atoms with E-state index >= 15 is 0 Å². The Morgan fingerprint density at radius 1 is 1.04 bits per heavy atom. The van der Waals surface area contributed by atoms with Crippen LogP contribution in [0.5, 0.6) is 0 Å². The van der Waals surface area contributed by atoms with Crippen LogP contribution in [0.15, 0.2) is 29.4 Å². The van der Waals surface area contributed by atoms with Crippen LogP contribution in [0.4, 0.5) is 11.4 Å². The quantitative estimate of drug-likeness (QED) is 0.607. The van der Waals surface area contributed by atoms with Crippen molar-refractivity contribution in [1.82, 2.24) is 9.97 Å². The number of nitrogens with zero attached hydrogens (tertiary/aromatic N) is 3. The van der Waals surface area contributed by atoms with Crippen molar-refractivity contribution in [3.63, 3.8) is 0 Å². The van der Waals surface area contributed by atoms with Crippen molar-refractivity contribution < 1.29 is 4.79 Å². The van der Waals surface area contributed by atoms with Gasteiger partial charge in [-0.15, -0.1) is 0 Å². The van der Waals surface area contributed by atoms with Crippen LogP contribution >= 0.6 is 11.8 Å². The Morgan fingerprint density at radius 3 is 2.22 bits per heavy atom. The van der Waals surface area contributed by atoms with Crippen molar-refractivity contribution >= 4 is 29.0 Å². The summed E-state index contributed by atoms with van der Waals surface area (Å²) in [4.78, 5) is 23.9. The zero-order valence-electron chi connectivity index (χ0n) is 16.6. The summed E-state index contributed by atoms with van der Waals surface area (Å²) < 4.78 is 0. The largest absolute Gasteiger partial charge is 0.372 e. The second-order valence-electron chi connectivity index (χ2n) is 7.15. The summed E-state index contributed by atoms with van der Waals surface area (Å²) in [6, 6.07) is 8.15. The number of benzene rings is 1. The van der Waals surface area contributed by atoms with Crippen LogP contribution in [0.25, 0.3) is 0 Å². The van der Waals surface area contributed by atoms with Crippen LogP contribution < -0.4 is 10.2 Å². The third-order valence-corrected chi connectivity index (χ3v) is 6.08. The Morgan fingerprint density at radius 2 is 1.63 bits per heavy atom. The topological polar surface area (TPSA) is 58.1 Å². The van der Waals surface area contributed by atoms with E-state index in [4.69, 9.17) is 0 Å². The first-order chi connectivity index (χ1) is 12.9. The molecule has 144 valence electrons. The average Bonchev–Trinajstić information content (AvgIpc) is 2.67. The molecule has 0 unspecified atom stereocenters. The van der Waals surface area contributed by atoms with Gasteiger partial charge < -0.3 is 10.2 Å². The smallest absolute Gasteiger partial charge is 0.237 e. The molecule has 0 aliphatic carbocycles. The van der Waals surface area contributed by atoms with E-state index in [1.807, 2.05) is 39.8 Å². The predicted molar refractivity (Wildman–Crippen MR) is 113 cm³/mol. The lowest BCUT2D eigenvalue weighted by Crippen LogP contribution is -2.29. The summed E-state index contributed by atoms with van der Waals surface area (Å²) in [5.74, 6) is -0.0368. The number of hydrogen-bond acceptors (Lipinski definition) is 5. The molecule has 1 saturated heterocycles. The van der Waals surface area contributed by atoms with Gasteiger partial charge in [-0.1, -0.05) is 11.8 Å². The second kappa shape index (κ2) is 8.74. The van der Waals surface area contributed by atoms with Gasteiger partial charge in [0.2, 0.25) is 5.91 Å². The highest BCUT2D eigenvalue weighted by atomic mass is 32.2. The molecule has 1 fully saturated rings. The molecule has 6 heteroatoms. The zero-order chi connectivity index (χ0) is 19.4. The van der Waals surface area contributed by atoms with E-state index in [0.29, 0.717) is 5.16 Å². The zero-order valence-corrected chi connectivity index (χ0v) is 17.4. The summed E-state index contributed by atoms with van der Waals surface area (Å²) in [6.07, 6.45) is 3.84. The number of rotatable bonds is 5. The molecular formula is C21H28N4OS. The summed E-state index contributed by atoms with van der Waals surface area (Å²) in [6.45, 7) is 10.1. The molecular weight excluding hydrogens is 356 g/mol. The number of amides is 1. The fourth-order valence-corrected chi connectivity index (χ4v) is 4.02. The van der Waals surface area contributed by atoms with Gasteiger partial charge in [0.25, 0.3) is 0 Å². The van der Waals surface area contributed by atoms with Gasteiger partial charge in [0, 0.05) is 35.9 Å². The predicted octanol–water partition coefficient (Wildman–Crippen LogP) is 4.51. The van der Waals surface area contributed by atoms with Crippen molar-refractivity contribution in [1.29, 1.82) is 0 Å². The molecule has 1 aromatic heterocycles. The summed E-state index contributed by atoms with van der Waals surface area (Å²) in [5.41, 5.74) is 5.08. The molecule has 5 nitrogen and oxygen atoms in total. The SMILES string of the molecule is Cc1nc(S[C@H](C)C(=O)Nc2ccc(N3CCCCC3)cc2)nc(C)c1C. The van der Waals surface area contributed by atoms with E-state index in [0.717, 1.165) is 35.7 Å². The Bertz CT molecular complexity index is 777. The maximum atomic E-state index is 12.5. The van der Waals surface area contributed by atoms with Crippen molar-refractivity contribution in [3.05, 3.63) is 41.2 Å². The summed E-state index contributed by atoms with van der Waals surface area (Å²) >= 11 is 1.39. The summed E-state index contributed by atoms with van der Waals surface area (Å²) in [7, 11) is 0. The number of piperidine rings is 1. The van der Waals surface area contributed by atoms with Crippen LogP contribution in [-0.2, 0) is 4.79 Å². The monoisotopic (exact) mass is 384 g/mol. The molecule has 0 saturated carbocycles. The number of thioether (sulfide) groups is 1. The van der Waals surface area contributed by atoms with Crippen LogP contribution in [0.3, 0.4) is 0 Å². The van der Waals surface area contributed by atoms with Gasteiger partial charge in [0.1, 0.15) is 0 Å². The van der Waals surface area contributed by atoms with E-state index in [-0.39, 0.29) is 11.2 Å². The standard InChI is InChI=1S/C21H28N4OS/c1-14-15(2)22-21(23-16(14)3)27-17(4)20(26)24-18-8-10-19(11-9-18)25-12-6-5-7-13-25/h8-11,17H,5-7,12-13H2,1-4H3,(H,24,26)/t17-/m1/s1. The minimum atomic E-state index is -0.270. The van der Waals surface area contributed by atoms with Gasteiger partial charge in [-0.05, 0) is 76.8 Å². The van der Waals surface area contributed by atoms with E-state index < -0.39 is 0 Å². The molecule has 1 aromatic carbocycles. The lowest BCUT2D eigenvalue weighted by atomic mass is 10.1. The number of aryl methyl sites for hydroxylation is 2. The van der Waals surface area contributed by atoms with E-state index in [1.165, 1.54) is 36.7 Å². The molecule has 1 atom stereocenters. The van der Waals surface area contributed by atoms with Gasteiger partial charge in [0.05, 0.1) is 5.25 Å². The molecule has 1 amide bonds. The normalized spacial score (nSPS) is 15.5. The number of hydrogen-bond donors (Lipinski definition) is 1. The molecule has 1 aliphatic heterocycles. The van der Waals surface area contributed by atoms with E-state index in [2.05, 4.69) is 32.3 Å². The third-order valence-electron chi connectivity index (χ3n) is 5.12. The second-order valence-corrected chi connectivity index (χ2v) is 8.45. The van der Waals surface area contributed by atoms with Gasteiger partial charge >= 0.3 is 0 Å². The highest BCUT2D eigenvalue weighted by molar-refractivity contribution is 8.00. The minimum Gasteiger partial charge on any atom is -0.372 e. The first-order valence-corrected chi connectivity index (χ1v) is 10.5. The number of nitrogens with one attached hydrogen (secondary N) is 1. The first-order valence-electron chi connectivity index (χ1n) is 9.58. The van der Waals surface area contributed by atoms with E-state index in [1.54, 1.807) is 0 Å². The maximum Gasteiger partial charge on any atom is 0.237 e. The van der Waals surface area contributed by atoms with Crippen LogP contribution in [-0.4, -0.2) is 34.2 Å². The molecule has 3 rings (SSSR count). The van der Waals surface area contributed by atoms with Crippen LogP contribution in [0, 0.1) is 20.8 Å². The molecule has 2 heterocycles. The van der Waals surface area contributed by atoms with E-state index in [9.17, 15) is 4.79 Å². The Kier molecular flexibility index (Phi) is 6.37. The number of carbonyl (C=O) groups is 1. The lowest BCUT2D eigenvalue weighted by molar-refractivity contribution is -0.115. The minimum absolute atomic E-state index is 0.0368. The Labute approximate surface area is 166 Å². The van der Waals surface area contributed by atoms with Crippen LogP contribution in [0.1, 0.15) is 43.1 Å². The molecule has 1 N–H and O–H groups in total. The Balaban J connectivity index is 1.59. The van der Waals surface area contributed by atoms with Crippen molar-refractivity contribution in [2.75, 3.05) is 23.3 Å². The van der Waals surface area contributed by atoms with Gasteiger partial charge in [-0.25, -0.2) is 9.97 Å². The molecule has 1 aliphatic rings. The van der Waals surface area contributed by atoms with Crippen LogP contribution in [0.2, 0.25) is 0 Å². The van der Waals surface area contributed by atoms with Gasteiger partial charge in [0.15, 0.2) is 5.16 Å². The number of carbonyl (C=O) groups excluding carboxylic acids is 1. The molecule has 0 bridgehead atoms. The lowest BCUT2D eigenvalue weighted by Gasteiger charge is -2.28. The third kappa shape index (κ3) is 5.01. The molecule has 27 heavy (non-hydrogen) atoms. The number of aromatic nitrogens is 2. The fourth-order valence-electron chi connectivity index (χ4n) is 3.16. The summed E-state index contributed by atoms with van der Waals surface area (Å²) in [5, 5.41) is 3.38. The van der Waals surface area contributed by atoms with Crippen molar-refractivity contribution in [3.8, 4) is 0 Å². The van der Waals surface area contributed by atoms with Gasteiger partial charge in [-0.2, -0.15) is 0 Å². The highest BCUT2D eigenvalue weighted by Gasteiger charge is 2.18. The highest BCUT2D eigenvalue weighted by Crippen LogP contribution is 2.24. The van der Waals surface area contributed by atoms with Crippen molar-refractivity contribution in [2.24, 2.45) is 0 Å². The van der Waals surface area contributed by atoms with Crippen molar-refractivity contribution in [2.45, 2.75) is 57.4 Å². The first kappa shape index (κ1) is 19.7. The number of anilines is 2. The molecule has 0 radical (unpaired) electrons. The molecule has 2 aromatic rings.